The molecule has 6 heteroatoms. The number of sulfone groups is 1. The van der Waals surface area contributed by atoms with Crippen LogP contribution in [0.1, 0.15) is 37.1 Å². The molecule has 18 heavy (non-hydrogen) atoms. The number of hydrogen-bond donors (Lipinski definition) is 1. The van der Waals surface area contributed by atoms with Gasteiger partial charge in [-0.05, 0) is 25.8 Å². The molecular formula is C12H21N3O2S. The van der Waals surface area contributed by atoms with Crippen molar-refractivity contribution < 1.29 is 8.42 Å². The number of aryl methyl sites for hydroxylation is 1. The second-order valence-corrected chi connectivity index (χ2v) is 7.16. The van der Waals surface area contributed by atoms with Gasteiger partial charge in [-0.2, -0.15) is 5.10 Å². The van der Waals surface area contributed by atoms with Gasteiger partial charge in [0.05, 0.1) is 18.5 Å². The molecule has 102 valence electrons. The van der Waals surface area contributed by atoms with E-state index in [4.69, 9.17) is 0 Å². The molecule has 1 unspecified atom stereocenters. The van der Waals surface area contributed by atoms with E-state index in [2.05, 4.69) is 17.3 Å². The first-order valence-corrected chi connectivity index (χ1v) is 8.53. The van der Waals surface area contributed by atoms with Crippen molar-refractivity contribution in [2.24, 2.45) is 0 Å². The van der Waals surface area contributed by atoms with E-state index in [9.17, 15) is 8.42 Å². The average Bonchev–Trinajstić information content (AvgIpc) is 2.70. The van der Waals surface area contributed by atoms with Gasteiger partial charge in [-0.1, -0.05) is 6.92 Å². The third kappa shape index (κ3) is 3.11. The Morgan fingerprint density at radius 1 is 1.56 bits per heavy atom. The van der Waals surface area contributed by atoms with Gasteiger partial charge in [0.25, 0.3) is 0 Å². The minimum atomic E-state index is -2.93. The van der Waals surface area contributed by atoms with Crippen LogP contribution < -0.4 is 5.32 Å². The molecule has 0 saturated carbocycles. The summed E-state index contributed by atoms with van der Waals surface area (Å²) in [5.74, 6) is 0.160. The van der Waals surface area contributed by atoms with E-state index in [1.165, 1.54) is 17.5 Å². The van der Waals surface area contributed by atoms with Gasteiger partial charge in [0.15, 0.2) is 0 Å². The molecule has 0 spiro atoms. The van der Waals surface area contributed by atoms with E-state index in [0.717, 1.165) is 25.8 Å². The first-order valence-electron chi connectivity index (χ1n) is 6.47. The zero-order valence-electron chi connectivity index (χ0n) is 11.0. The summed E-state index contributed by atoms with van der Waals surface area (Å²) in [7, 11) is -2.93. The van der Waals surface area contributed by atoms with Crippen molar-refractivity contribution in [1.29, 1.82) is 0 Å². The maximum Gasteiger partial charge on any atom is 0.149 e. The van der Waals surface area contributed by atoms with Gasteiger partial charge >= 0.3 is 0 Å². The lowest BCUT2D eigenvalue weighted by molar-refractivity contribution is 0.459. The lowest BCUT2D eigenvalue weighted by Gasteiger charge is -2.23. The largest absolute Gasteiger partial charge is 0.310 e. The summed E-state index contributed by atoms with van der Waals surface area (Å²) in [5.41, 5.74) is 2.45. The first-order chi connectivity index (χ1) is 8.51. The molecule has 1 atom stereocenters. The molecule has 1 aromatic heterocycles. The Kier molecular flexibility index (Phi) is 4.07. The van der Waals surface area contributed by atoms with Gasteiger partial charge in [-0.3, -0.25) is 4.68 Å². The van der Waals surface area contributed by atoms with Crippen molar-refractivity contribution in [3.8, 4) is 0 Å². The van der Waals surface area contributed by atoms with Crippen LogP contribution in [0.4, 0.5) is 0 Å². The predicted octanol–water partition coefficient (Wildman–Crippen LogP) is 0.915. The zero-order chi connectivity index (χ0) is 13.2. The van der Waals surface area contributed by atoms with Crippen LogP contribution in [0.3, 0.4) is 0 Å². The number of nitrogens with zero attached hydrogens (tertiary/aromatic N) is 2. The van der Waals surface area contributed by atoms with E-state index >= 15 is 0 Å². The van der Waals surface area contributed by atoms with Crippen LogP contribution in [-0.4, -0.2) is 36.8 Å². The molecule has 1 heterocycles. The highest BCUT2D eigenvalue weighted by Gasteiger charge is 2.23. The molecule has 2 rings (SSSR count). The van der Waals surface area contributed by atoms with Crippen LogP contribution in [0.2, 0.25) is 0 Å². The summed E-state index contributed by atoms with van der Waals surface area (Å²) in [4.78, 5) is 0. The van der Waals surface area contributed by atoms with Gasteiger partial charge in [-0.25, -0.2) is 8.42 Å². The third-order valence-electron chi connectivity index (χ3n) is 3.39. The van der Waals surface area contributed by atoms with Crippen LogP contribution in [0, 0.1) is 0 Å². The van der Waals surface area contributed by atoms with Gasteiger partial charge in [0.1, 0.15) is 9.84 Å². The zero-order valence-corrected chi connectivity index (χ0v) is 11.8. The predicted molar refractivity (Wildman–Crippen MR) is 71.3 cm³/mol. The fourth-order valence-corrected chi connectivity index (χ4v) is 3.03. The molecule has 5 nitrogen and oxygen atoms in total. The van der Waals surface area contributed by atoms with Crippen molar-refractivity contribution in [3.63, 3.8) is 0 Å². The van der Waals surface area contributed by atoms with Crippen LogP contribution in [0.5, 0.6) is 0 Å². The number of fused-ring (bicyclic) bond motifs is 1. The number of aromatic nitrogens is 2. The standard InChI is InChI=1S/C12H21N3O2S/c1-3-13-11-5-4-6-12-10(11)9-14-15(12)7-8-18(2,16)17/h9,11,13H,3-8H2,1-2H3. The van der Waals surface area contributed by atoms with Crippen LogP contribution in [-0.2, 0) is 22.8 Å². The summed E-state index contributed by atoms with van der Waals surface area (Å²) in [6.45, 7) is 3.51. The van der Waals surface area contributed by atoms with E-state index in [1.54, 1.807) is 0 Å². The molecule has 0 fully saturated rings. The highest BCUT2D eigenvalue weighted by molar-refractivity contribution is 7.90. The lowest BCUT2D eigenvalue weighted by Crippen LogP contribution is -2.25. The molecule has 1 aliphatic carbocycles. The third-order valence-corrected chi connectivity index (χ3v) is 4.31. The van der Waals surface area contributed by atoms with Crippen LogP contribution in [0.25, 0.3) is 0 Å². The number of rotatable bonds is 5. The van der Waals surface area contributed by atoms with E-state index in [1.807, 2.05) is 10.9 Å². The second-order valence-electron chi connectivity index (χ2n) is 4.90. The summed E-state index contributed by atoms with van der Waals surface area (Å²) >= 11 is 0. The molecular weight excluding hydrogens is 250 g/mol. The topological polar surface area (TPSA) is 64.0 Å². The Balaban J connectivity index is 2.15. The smallest absolute Gasteiger partial charge is 0.149 e. The Hall–Kier alpha value is -0.880. The van der Waals surface area contributed by atoms with Gasteiger partial charge in [0, 0.05) is 23.6 Å². The Morgan fingerprint density at radius 3 is 3.00 bits per heavy atom. The van der Waals surface area contributed by atoms with Crippen molar-refractivity contribution in [2.45, 2.75) is 38.8 Å². The van der Waals surface area contributed by atoms with Crippen molar-refractivity contribution in [1.82, 2.24) is 15.1 Å². The van der Waals surface area contributed by atoms with E-state index in [-0.39, 0.29) is 5.75 Å². The summed E-state index contributed by atoms with van der Waals surface area (Å²) < 4.78 is 24.3. The van der Waals surface area contributed by atoms with Crippen molar-refractivity contribution in [3.05, 3.63) is 17.5 Å². The lowest BCUT2D eigenvalue weighted by atomic mass is 9.93. The van der Waals surface area contributed by atoms with Gasteiger partial charge in [-0.15, -0.1) is 0 Å². The second kappa shape index (κ2) is 5.40. The van der Waals surface area contributed by atoms with Gasteiger partial charge in [0.2, 0.25) is 0 Å². The number of hydrogen-bond acceptors (Lipinski definition) is 4. The quantitative estimate of drug-likeness (QED) is 0.865. The molecule has 0 bridgehead atoms. The normalized spacial score (nSPS) is 19.8. The minimum Gasteiger partial charge on any atom is -0.310 e. The average molecular weight is 271 g/mol. The molecule has 1 aliphatic rings. The molecule has 0 radical (unpaired) electrons. The number of nitrogens with one attached hydrogen (secondary N) is 1. The van der Waals surface area contributed by atoms with Gasteiger partial charge < -0.3 is 5.32 Å². The molecule has 0 amide bonds. The van der Waals surface area contributed by atoms with Crippen LogP contribution in [0.15, 0.2) is 6.20 Å². The molecule has 0 aromatic carbocycles. The highest BCUT2D eigenvalue weighted by atomic mass is 32.2. The molecule has 1 N–H and O–H groups in total. The maximum absolute atomic E-state index is 11.2. The maximum atomic E-state index is 11.2. The Bertz CT molecular complexity index is 507. The molecule has 0 saturated heterocycles. The van der Waals surface area contributed by atoms with E-state index in [0.29, 0.717) is 12.6 Å². The SMILES string of the molecule is CCNC1CCCc2c1cnn2CCS(C)(=O)=O. The fraction of sp³-hybridized carbons (Fsp3) is 0.750. The fourth-order valence-electron chi connectivity index (χ4n) is 2.52. The van der Waals surface area contributed by atoms with E-state index < -0.39 is 9.84 Å². The summed E-state index contributed by atoms with van der Waals surface area (Å²) in [6.07, 6.45) is 6.43. The Morgan fingerprint density at radius 2 is 2.33 bits per heavy atom. The van der Waals surface area contributed by atoms with Crippen molar-refractivity contribution in [2.75, 3.05) is 18.6 Å². The summed E-state index contributed by atoms with van der Waals surface area (Å²) in [6, 6.07) is 0.380. The van der Waals surface area contributed by atoms with Crippen molar-refractivity contribution >= 4 is 9.84 Å². The van der Waals surface area contributed by atoms with Crippen LogP contribution >= 0.6 is 0 Å². The highest BCUT2D eigenvalue weighted by Crippen LogP contribution is 2.29. The minimum absolute atomic E-state index is 0.160. The summed E-state index contributed by atoms with van der Waals surface area (Å²) in [5, 5.41) is 7.80. The first kappa shape index (κ1) is 13.5. The molecule has 0 aliphatic heterocycles. The monoisotopic (exact) mass is 271 g/mol. The molecule has 1 aromatic rings. The Labute approximate surface area is 108 Å².